The number of aryl methyl sites for hydroxylation is 2. The van der Waals surface area contributed by atoms with Crippen LogP contribution < -0.4 is 43.4 Å². The van der Waals surface area contributed by atoms with Crippen molar-refractivity contribution in [2.75, 3.05) is 39.6 Å². The van der Waals surface area contributed by atoms with E-state index in [1.165, 1.54) is 0 Å². The maximum Gasteiger partial charge on any atom is 0.254 e. The van der Waals surface area contributed by atoms with Crippen molar-refractivity contribution in [2.24, 2.45) is 14.1 Å². The van der Waals surface area contributed by atoms with Crippen LogP contribution in [0.4, 0.5) is 0 Å². The van der Waals surface area contributed by atoms with E-state index >= 15 is 0 Å². The Morgan fingerprint density at radius 1 is 0.615 bits per heavy atom. The van der Waals surface area contributed by atoms with Crippen molar-refractivity contribution >= 4 is 23.5 Å². The number of halogens is 2. The van der Waals surface area contributed by atoms with E-state index in [9.17, 15) is 0 Å². The Kier molecular flexibility index (Phi) is 15.1. The van der Waals surface area contributed by atoms with E-state index in [0.29, 0.717) is 51.4 Å². The van der Waals surface area contributed by atoms with Crippen LogP contribution in [-0.2, 0) is 23.6 Å². The topological polar surface area (TPSA) is 96.2 Å². The summed E-state index contributed by atoms with van der Waals surface area (Å²) in [5.74, 6) is 1.15. The van der Waals surface area contributed by atoms with Crippen LogP contribution in [0.1, 0.15) is 19.3 Å². The standard InChI is InChI=1S/C25H32N6O4S2.2ClH/c1-30-10-3-8-20(18-30)22-24(28-36-26-22)34-16-6-14-32-12-5-13-33-15-7-17-35-25-23(27-37-29-25)21-9-4-11-31(2)19-21;;/h3-4,8-11,18-19H,5-7,12-17H2,1-2H3;2*1H/q+2;;/p-2. The molecule has 212 valence electrons. The Balaban J connectivity index is 0.00000267. The smallest absolute Gasteiger partial charge is 0.254 e. The Morgan fingerprint density at radius 3 is 1.44 bits per heavy atom. The second-order valence-corrected chi connectivity index (χ2v) is 9.39. The average molecular weight is 616 g/mol. The molecule has 0 unspecified atom stereocenters. The predicted molar refractivity (Wildman–Crippen MR) is 140 cm³/mol. The van der Waals surface area contributed by atoms with Crippen LogP contribution in [0, 0.1) is 0 Å². The maximum absolute atomic E-state index is 5.82. The molecule has 0 radical (unpaired) electrons. The molecule has 0 saturated heterocycles. The predicted octanol–water partition coefficient (Wildman–Crippen LogP) is -2.96. The summed E-state index contributed by atoms with van der Waals surface area (Å²) in [6.45, 7) is 3.64. The molecule has 0 atom stereocenters. The normalized spacial score (nSPS) is 10.5. The Hall–Kier alpha value is -2.48. The number of ether oxygens (including phenoxy) is 4. The first-order valence-electron chi connectivity index (χ1n) is 12.2. The van der Waals surface area contributed by atoms with Crippen LogP contribution >= 0.6 is 23.5 Å². The van der Waals surface area contributed by atoms with Crippen molar-refractivity contribution < 1.29 is 52.9 Å². The fourth-order valence-corrected chi connectivity index (χ4v) is 4.52. The van der Waals surface area contributed by atoms with Gasteiger partial charge in [0, 0.05) is 51.4 Å². The van der Waals surface area contributed by atoms with Gasteiger partial charge in [0.15, 0.2) is 36.2 Å². The molecule has 4 aromatic heterocycles. The molecule has 0 aromatic carbocycles. The summed E-state index contributed by atoms with van der Waals surface area (Å²) in [6, 6.07) is 7.96. The molecule has 0 aliphatic heterocycles. The lowest BCUT2D eigenvalue weighted by atomic mass is 10.2. The summed E-state index contributed by atoms with van der Waals surface area (Å²) < 4.78 is 44.3. The van der Waals surface area contributed by atoms with Gasteiger partial charge in [-0.3, -0.25) is 0 Å². The van der Waals surface area contributed by atoms with Gasteiger partial charge in [0.05, 0.1) is 47.8 Å². The molecule has 0 N–H and O–H groups in total. The van der Waals surface area contributed by atoms with Gasteiger partial charge < -0.3 is 43.8 Å². The zero-order valence-corrected chi connectivity index (χ0v) is 25.0. The van der Waals surface area contributed by atoms with Gasteiger partial charge >= 0.3 is 0 Å². The van der Waals surface area contributed by atoms with Crippen LogP contribution in [0.3, 0.4) is 0 Å². The van der Waals surface area contributed by atoms with Gasteiger partial charge in [0.2, 0.25) is 0 Å². The Labute approximate surface area is 249 Å². The van der Waals surface area contributed by atoms with E-state index in [-0.39, 0.29) is 24.8 Å². The second-order valence-electron chi connectivity index (χ2n) is 8.33. The highest BCUT2D eigenvalue weighted by Gasteiger charge is 2.15. The summed E-state index contributed by atoms with van der Waals surface area (Å²) in [4.78, 5) is 0. The van der Waals surface area contributed by atoms with Crippen molar-refractivity contribution in [3.63, 3.8) is 0 Å². The summed E-state index contributed by atoms with van der Waals surface area (Å²) in [7, 11) is 3.95. The molecule has 10 nitrogen and oxygen atoms in total. The van der Waals surface area contributed by atoms with Gasteiger partial charge in [-0.2, -0.15) is 8.75 Å². The molecule has 0 bridgehead atoms. The molecule has 0 aliphatic rings. The number of aromatic nitrogens is 6. The largest absolute Gasteiger partial charge is 1.00 e. The minimum absolute atomic E-state index is 0. The highest BCUT2D eigenvalue weighted by molar-refractivity contribution is 6.99. The molecule has 14 heteroatoms. The Bertz CT molecular complexity index is 1150. The summed E-state index contributed by atoms with van der Waals surface area (Å²) >= 11 is 2.31. The quantitative estimate of drug-likeness (QED) is 0.0976. The number of nitrogens with zero attached hydrogens (tertiary/aromatic N) is 6. The molecule has 4 aromatic rings. The zero-order chi connectivity index (χ0) is 25.7. The Morgan fingerprint density at radius 2 is 1.03 bits per heavy atom. The third-order valence-corrected chi connectivity index (χ3v) is 6.29. The first kappa shape index (κ1) is 32.7. The highest BCUT2D eigenvalue weighted by Crippen LogP contribution is 2.27. The fraction of sp³-hybridized carbons (Fsp3) is 0.440. The number of hydrogen-bond acceptors (Lipinski definition) is 10. The van der Waals surface area contributed by atoms with Crippen LogP contribution in [-0.4, -0.2) is 57.1 Å². The number of pyridine rings is 2. The molecular weight excluding hydrogens is 583 g/mol. The van der Waals surface area contributed by atoms with Crippen LogP contribution in [0.2, 0.25) is 0 Å². The molecular formula is C25H32Cl2N6O4S2. The molecule has 0 saturated carbocycles. The number of hydrogen-bond donors (Lipinski definition) is 0. The van der Waals surface area contributed by atoms with Gasteiger partial charge in [0.25, 0.3) is 11.8 Å². The van der Waals surface area contributed by atoms with Crippen molar-refractivity contribution in [3.05, 3.63) is 49.1 Å². The molecule has 4 rings (SSSR count). The summed E-state index contributed by atoms with van der Waals surface area (Å²) in [5, 5.41) is 0. The summed E-state index contributed by atoms with van der Waals surface area (Å²) in [6.07, 6.45) is 10.4. The molecule has 0 spiro atoms. The van der Waals surface area contributed by atoms with E-state index in [2.05, 4.69) is 17.5 Å². The molecule has 0 aliphatic carbocycles. The third kappa shape index (κ3) is 10.5. The lowest BCUT2D eigenvalue weighted by Gasteiger charge is -2.07. The highest BCUT2D eigenvalue weighted by atomic mass is 35.5. The average Bonchev–Trinajstić information content (AvgIpc) is 3.56. The maximum atomic E-state index is 5.82. The minimum Gasteiger partial charge on any atom is -1.00 e. The fourth-order valence-electron chi connectivity index (χ4n) is 3.49. The first-order valence-corrected chi connectivity index (χ1v) is 13.6. The third-order valence-electron chi connectivity index (χ3n) is 5.26. The van der Waals surface area contributed by atoms with Gasteiger partial charge in [-0.25, -0.2) is 9.13 Å². The molecule has 39 heavy (non-hydrogen) atoms. The van der Waals surface area contributed by atoms with Crippen molar-refractivity contribution in [2.45, 2.75) is 19.3 Å². The van der Waals surface area contributed by atoms with Crippen molar-refractivity contribution in [3.8, 4) is 34.3 Å². The minimum atomic E-state index is 0. The zero-order valence-electron chi connectivity index (χ0n) is 21.9. The van der Waals surface area contributed by atoms with Crippen LogP contribution in [0.15, 0.2) is 49.1 Å². The van der Waals surface area contributed by atoms with Crippen molar-refractivity contribution in [1.29, 1.82) is 0 Å². The van der Waals surface area contributed by atoms with Crippen LogP contribution in [0.25, 0.3) is 22.5 Å². The van der Waals surface area contributed by atoms with Gasteiger partial charge in [-0.15, -0.1) is 8.75 Å². The molecule has 0 fully saturated rings. The number of rotatable bonds is 16. The van der Waals surface area contributed by atoms with Crippen LogP contribution in [0.5, 0.6) is 11.8 Å². The van der Waals surface area contributed by atoms with E-state index in [0.717, 1.165) is 65.2 Å². The molecule has 4 heterocycles. The summed E-state index contributed by atoms with van der Waals surface area (Å²) in [5.41, 5.74) is 3.53. The van der Waals surface area contributed by atoms with E-state index in [1.807, 2.05) is 72.3 Å². The lowest BCUT2D eigenvalue weighted by molar-refractivity contribution is -0.671. The second kappa shape index (κ2) is 18.0. The first-order chi connectivity index (χ1) is 18.2. The molecule has 0 amide bonds. The van der Waals surface area contributed by atoms with Gasteiger partial charge in [0.1, 0.15) is 14.1 Å². The monoisotopic (exact) mass is 614 g/mol. The lowest BCUT2D eigenvalue weighted by Crippen LogP contribution is -3.00. The van der Waals surface area contributed by atoms with Gasteiger partial charge in [-0.05, 0) is 18.6 Å². The van der Waals surface area contributed by atoms with Crippen molar-refractivity contribution in [1.82, 2.24) is 17.5 Å². The van der Waals surface area contributed by atoms with E-state index in [4.69, 9.17) is 18.9 Å². The van der Waals surface area contributed by atoms with Gasteiger partial charge in [-0.1, -0.05) is 0 Å². The SMILES string of the molecule is C[n+]1cccc(-c2nsnc2OCCCOCCCOCCCOc2nsnc2-c2ccc[n+](C)c2)c1.[Cl-].[Cl-]. The van der Waals surface area contributed by atoms with E-state index in [1.54, 1.807) is 0 Å². The van der Waals surface area contributed by atoms with E-state index < -0.39 is 0 Å².